The maximum atomic E-state index is 12.8. The van der Waals surface area contributed by atoms with Crippen LogP contribution >= 0.6 is 0 Å². The van der Waals surface area contributed by atoms with Gasteiger partial charge in [0.05, 0.1) is 13.3 Å². The van der Waals surface area contributed by atoms with Crippen molar-refractivity contribution in [3.8, 4) is 5.88 Å². The molecule has 3 unspecified atom stereocenters. The molecule has 166 valence electrons. The lowest BCUT2D eigenvalue weighted by molar-refractivity contribution is 0.0818. The first-order chi connectivity index (χ1) is 15.1. The highest BCUT2D eigenvalue weighted by Crippen LogP contribution is 2.31. The number of pyridine rings is 1. The maximum Gasteiger partial charge on any atom is 0.273 e. The van der Waals surface area contributed by atoms with Gasteiger partial charge >= 0.3 is 0 Å². The molecule has 9 heteroatoms. The van der Waals surface area contributed by atoms with Crippen molar-refractivity contribution in [3.05, 3.63) is 41.6 Å². The maximum absolute atomic E-state index is 12.8. The van der Waals surface area contributed by atoms with E-state index in [4.69, 9.17) is 9.47 Å². The van der Waals surface area contributed by atoms with Gasteiger partial charge in [0.2, 0.25) is 5.88 Å². The Labute approximate surface area is 182 Å². The number of rotatable bonds is 5. The zero-order chi connectivity index (χ0) is 21.4. The molecule has 2 aromatic heterocycles. The van der Waals surface area contributed by atoms with E-state index < -0.39 is 0 Å². The molecule has 9 nitrogen and oxygen atoms in total. The Kier molecular flexibility index (Phi) is 5.54. The lowest BCUT2D eigenvalue weighted by atomic mass is 9.94. The van der Waals surface area contributed by atoms with Crippen LogP contribution in [0.5, 0.6) is 5.88 Å². The number of imidazole rings is 1. The predicted molar refractivity (Wildman–Crippen MR) is 114 cm³/mol. The number of carbonyl (C=O) groups excluding carboxylic acids is 1. The quantitative estimate of drug-likeness (QED) is 0.749. The van der Waals surface area contributed by atoms with E-state index in [2.05, 4.69) is 38.6 Å². The van der Waals surface area contributed by atoms with Crippen molar-refractivity contribution in [1.29, 1.82) is 0 Å². The molecule has 2 fully saturated rings. The average Bonchev–Trinajstić information content (AvgIpc) is 3.38. The smallest absolute Gasteiger partial charge is 0.273 e. The number of methoxy groups -OCH3 is 1. The third-order valence-electron chi connectivity index (χ3n) is 6.75. The Morgan fingerprint density at radius 1 is 1.19 bits per heavy atom. The number of hydrogen-bond acceptors (Lipinski definition) is 7. The summed E-state index contributed by atoms with van der Waals surface area (Å²) >= 11 is 0. The third-order valence-corrected chi connectivity index (χ3v) is 6.75. The van der Waals surface area contributed by atoms with Gasteiger partial charge in [-0.15, -0.1) is 0 Å². The van der Waals surface area contributed by atoms with E-state index in [9.17, 15) is 4.79 Å². The summed E-state index contributed by atoms with van der Waals surface area (Å²) in [5.74, 6) is 2.59. The summed E-state index contributed by atoms with van der Waals surface area (Å²) in [5, 5.41) is 3.17. The molecule has 0 saturated carbocycles. The number of fused-ring (bicyclic) bond motifs is 1. The minimum atomic E-state index is -0.123. The van der Waals surface area contributed by atoms with Gasteiger partial charge in [-0.3, -0.25) is 9.69 Å². The lowest BCUT2D eigenvalue weighted by Crippen LogP contribution is -2.55. The average molecular weight is 427 g/mol. The molecule has 5 heterocycles. The Hall–Kier alpha value is -2.65. The Morgan fingerprint density at radius 2 is 2.03 bits per heavy atom. The number of carbonyl (C=O) groups is 1. The van der Waals surface area contributed by atoms with Crippen LogP contribution in [-0.2, 0) is 11.3 Å². The molecule has 0 aromatic carbocycles. The Bertz CT molecular complexity index is 924. The molecule has 0 aliphatic carbocycles. The summed E-state index contributed by atoms with van der Waals surface area (Å²) in [6, 6.07) is 3.95. The first-order valence-electron chi connectivity index (χ1n) is 11.1. The number of aromatic nitrogens is 3. The van der Waals surface area contributed by atoms with Gasteiger partial charge in [-0.25, -0.2) is 14.6 Å². The van der Waals surface area contributed by atoms with Crippen LogP contribution in [0.1, 0.15) is 47.6 Å². The van der Waals surface area contributed by atoms with Crippen LogP contribution < -0.4 is 15.5 Å². The van der Waals surface area contributed by atoms with Crippen LogP contribution in [0.3, 0.4) is 0 Å². The van der Waals surface area contributed by atoms with Crippen molar-refractivity contribution < 1.29 is 14.3 Å². The van der Waals surface area contributed by atoms with Gasteiger partial charge in [0, 0.05) is 56.9 Å². The van der Waals surface area contributed by atoms with E-state index in [0.29, 0.717) is 29.3 Å². The van der Waals surface area contributed by atoms with E-state index in [-0.39, 0.29) is 12.1 Å². The highest BCUT2D eigenvalue weighted by Gasteiger charge is 2.40. The van der Waals surface area contributed by atoms with Crippen LogP contribution in [0.15, 0.2) is 24.5 Å². The largest absolute Gasteiger partial charge is 0.481 e. The standard InChI is InChI=1S/C22H30N6O3/c1-14-11-27(12-15-3-4-19(30-2)23-9-15)13-17(14)20-25-22(29)18-10-24-21(28(18)26-20)16-5-7-31-8-6-16/h3-4,9-10,14,16-17,20,26H,5-8,11-13H2,1-2H3,(H,25,29). The molecule has 2 aromatic rings. The van der Waals surface area contributed by atoms with Crippen molar-refractivity contribution in [3.63, 3.8) is 0 Å². The van der Waals surface area contributed by atoms with E-state index >= 15 is 0 Å². The lowest BCUT2D eigenvalue weighted by Gasteiger charge is -2.35. The molecular formula is C22H30N6O3. The van der Waals surface area contributed by atoms with Gasteiger partial charge in [0.15, 0.2) is 0 Å². The first-order valence-corrected chi connectivity index (χ1v) is 11.1. The van der Waals surface area contributed by atoms with E-state index in [1.165, 1.54) is 0 Å². The van der Waals surface area contributed by atoms with E-state index in [1.807, 2.05) is 16.9 Å². The van der Waals surface area contributed by atoms with Gasteiger partial charge in [-0.05, 0) is 24.3 Å². The van der Waals surface area contributed by atoms with Crippen LogP contribution in [0.4, 0.5) is 0 Å². The molecule has 0 bridgehead atoms. The second-order valence-electron chi connectivity index (χ2n) is 8.85. The molecule has 0 radical (unpaired) electrons. The van der Waals surface area contributed by atoms with Crippen molar-refractivity contribution in [2.45, 2.75) is 38.4 Å². The molecule has 3 aliphatic heterocycles. The second kappa shape index (κ2) is 8.47. The Morgan fingerprint density at radius 3 is 2.77 bits per heavy atom. The van der Waals surface area contributed by atoms with Gasteiger partial charge in [-0.1, -0.05) is 13.0 Å². The fourth-order valence-corrected chi connectivity index (χ4v) is 5.04. The summed E-state index contributed by atoms with van der Waals surface area (Å²) in [6.45, 7) is 6.47. The Balaban J connectivity index is 1.28. The highest BCUT2D eigenvalue weighted by atomic mass is 16.5. The summed E-state index contributed by atoms with van der Waals surface area (Å²) < 4.78 is 12.6. The van der Waals surface area contributed by atoms with Gasteiger partial charge in [0.1, 0.15) is 17.7 Å². The van der Waals surface area contributed by atoms with Gasteiger partial charge in [0.25, 0.3) is 5.91 Å². The molecule has 5 rings (SSSR count). The van der Waals surface area contributed by atoms with Crippen LogP contribution in [0, 0.1) is 11.8 Å². The van der Waals surface area contributed by atoms with Crippen molar-refractivity contribution in [2.24, 2.45) is 11.8 Å². The fourth-order valence-electron chi connectivity index (χ4n) is 5.04. The third kappa shape index (κ3) is 3.99. The number of ether oxygens (including phenoxy) is 2. The molecule has 2 saturated heterocycles. The topological polar surface area (TPSA) is 93.5 Å². The highest BCUT2D eigenvalue weighted by molar-refractivity contribution is 5.93. The monoisotopic (exact) mass is 426 g/mol. The van der Waals surface area contributed by atoms with Crippen molar-refractivity contribution in [2.75, 3.05) is 38.8 Å². The summed E-state index contributed by atoms with van der Waals surface area (Å²) in [6.07, 6.45) is 5.31. The predicted octanol–water partition coefficient (Wildman–Crippen LogP) is 1.56. The molecule has 2 N–H and O–H groups in total. The van der Waals surface area contributed by atoms with Gasteiger partial charge in [-0.2, -0.15) is 0 Å². The van der Waals surface area contributed by atoms with Crippen LogP contribution in [0.2, 0.25) is 0 Å². The number of nitrogens with one attached hydrogen (secondary N) is 2. The van der Waals surface area contributed by atoms with Crippen LogP contribution in [0.25, 0.3) is 0 Å². The second-order valence-corrected chi connectivity index (χ2v) is 8.85. The molecule has 1 amide bonds. The van der Waals surface area contributed by atoms with E-state index in [0.717, 1.165) is 57.1 Å². The minimum absolute atomic E-state index is 0.0560. The number of hydrogen-bond donors (Lipinski definition) is 2. The SMILES string of the molecule is COc1ccc(CN2CC(C)C(C3NC(=O)c4cnc(C5CCOCC5)n4N3)C2)cn1. The van der Waals surface area contributed by atoms with Gasteiger partial charge < -0.3 is 20.2 Å². The fraction of sp³-hybridized carbons (Fsp3) is 0.591. The number of likely N-dealkylation sites (tertiary alicyclic amines) is 1. The zero-order valence-corrected chi connectivity index (χ0v) is 18.1. The summed E-state index contributed by atoms with van der Waals surface area (Å²) in [4.78, 5) is 24.2. The molecular weight excluding hydrogens is 396 g/mol. The van der Waals surface area contributed by atoms with Crippen LogP contribution in [-0.4, -0.2) is 65.0 Å². The molecule has 31 heavy (non-hydrogen) atoms. The molecule has 3 aliphatic rings. The normalized spacial score (nSPS) is 26.9. The first kappa shape index (κ1) is 20.3. The van der Waals surface area contributed by atoms with Crippen molar-refractivity contribution in [1.82, 2.24) is 24.9 Å². The van der Waals surface area contributed by atoms with E-state index in [1.54, 1.807) is 13.3 Å². The minimum Gasteiger partial charge on any atom is -0.481 e. The number of nitrogens with zero attached hydrogens (tertiary/aromatic N) is 4. The molecule has 3 atom stereocenters. The summed E-state index contributed by atoms with van der Waals surface area (Å²) in [7, 11) is 1.62. The zero-order valence-electron chi connectivity index (χ0n) is 18.1. The molecule has 0 spiro atoms. The van der Waals surface area contributed by atoms with Crippen molar-refractivity contribution >= 4 is 5.91 Å². The summed E-state index contributed by atoms with van der Waals surface area (Å²) in [5.41, 5.74) is 5.32. The number of amides is 1.